The van der Waals surface area contributed by atoms with Gasteiger partial charge in [-0.15, -0.1) is 11.3 Å². The average molecular weight is 321 g/mol. The van der Waals surface area contributed by atoms with Crippen LogP contribution in [0.5, 0.6) is 0 Å². The summed E-state index contributed by atoms with van der Waals surface area (Å²) in [5, 5.41) is 2.20. The Labute approximate surface area is 137 Å². The van der Waals surface area contributed by atoms with Gasteiger partial charge in [-0.1, -0.05) is 33.8 Å². The van der Waals surface area contributed by atoms with Crippen LogP contribution in [-0.2, 0) is 4.79 Å². The fourth-order valence-corrected chi connectivity index (χ4v) is 6.52. The van der Waals surface area contributed by atoms with Gasteiger partial charge in [0, 0.05) is 0 Å². The van der Waals surface area contributed by atoms with Crippen LogP contribution in [0, 0.1) is 22.7 Å². The third-order valence-electron chi connectivity index (χ3n) is 6.93. The average Bonchev–Trinajstić information content (AvgIpc) is 2.96. The highest BCUT2D eigenvalue weighted by Gasteiger charge is 2.73. The normalized spacial score (nSPS) is 43.5. The number of quaternary nitrogens is 2. The zero-order valence-corrected chi connectivity index (χ0v) is 14.9. The lowest BCUT2D eigenvalue weighted by atomic mass is 9.53. The number of piperidine rings is 2. The van der Waals surface area contributed by atoms with Crippen LogP contribution >= 0.6 is 11.3 Å². The van der Waals surface area contributed by atoms with Crippen molar-refractivity contribution in [2.75, 3.05) is 26.2 Å². The SMILES string of the molecule is CC(C)C12C[NH+]3CC(C(C)C)(C[NH+](C1)C3c1cccs1)C2=O. The van der Waals surface area contributed by atoms with E-state index in [1.54, 1.807) is 9.80 Å². The fraction of sp³-hybridized carbons (Fsp3) is 0.722. The molecule has 22 heavy (non-hydrogen) atoms. The zero-order valence-electron chi connectivity index (χ0n) is 14.1. The molecule has 5 heterocycles. The number of hydrogen-bond acceptors (Lipinski definition) is 2. The molecule has 4 heteroatoms. The van der Waals surface area contributed by atoms with Crippen LogP contribution in [0.2, 0.25) is 0 Å². The molecule has 1 aromatic rings. The topological polar surface area (TPSA) is 26.0 Å². The van der Waals surface area contributed by atoms with E-state index in [9.17, 15) is 4.79 Å². The minimum Gasteiger partial charge on any atom is -0.297 e. The van der Waals surface area contributed by atoms with Crippen molar-refractivity contribution < 1.29 is 14.6 Å². The van der Waals surface area contributed by atoms with Gasteiger partial charge in [0.1, 0.15) is 41.9 Å². The summed E-state index contributed by atoms with van der Waals surface area (Å²) in [7, 11) is 0. The van der Waals surface area contributed by atoms with E-state index in [1.807, 2.05) is 11.3 Å². The molecule has 120 valence electrons. The van der Waals surface area contributed by atoms with Crippen molar-refractivity contribution in [2.24, 2.45) is 22.7 Å². The van der Waals surface area contributed by atoms with Gasteiger partial charge in [0.25, 0.3) is 0 Å². The number of rotatable bonds is 3. The van der Waals surface area contributed by atoms with Gasteiger partial charge >= 0.3 is 0 Å². The number of hydrogen-bond donors (Lipinski definition) is 2. The molecule has 0 atom stereocenters. The van der Waals surface area contributed by atoms with Crippen LogP contribution in [0.1, 0.15) is 38.7 Å². The summed E-state index contributed by atoms with van der Waals surface area (Å²) in [5.74, 6) is 1.50. The molecule has 0 saturated carbocycles. The standard InChI is InChI=1S/C18H26N2OS/c1-12(2)17-8-19-10-18(13(3)4,16(17)21)11-20(9-17)15(19)14-6-5-7-22-14/h5-7,12-13,15H,8-11H2,1-4H3/p+2. The Morgan fingerprint density at radius 2 is 1.55 bits per heavy atom. The summed E-state index contributed by atoms with van der Waals surface area (Å²) in [4.78, 5) is 18.3. The summed E-state index contributed by atoms with van der Waals surface area (Å²) < 4.78 is 0. The monoisotopic (exact) mass is 320 g/mol. The molecule has 4 fully saturated rings. The smallest absolute Gasteiger partial charge is 0.249 e. The molecule has 0 spiro atoms. The second-order valence-corrected chi connectivity index (χ2v) is 9.40. The third kappa shape index (κ3) is 1.66. The summed E-state index contributed by atoms with van der Waals surface area (Å²) in [6.45, 7) is 13.2. The molecule has 0 aliphatic carbocycles. The van der Waals surface area contributed by atoms with Crippen molar-refractivity contribution in [3.8, 4) is 0 Å². The largest absolute Gasteiger partial charge is 0.297 e. The Hall–Kier alpha value is -0.710. The van der Waals surface area contributed by atoms with Crippen molar-refractivity contribution in [3.63, 3.8) is 0 Å². The highest BCUT2D eigenvalue weighted by Crippen LogP contribution is 2.45. The van der Waals surface area contributed by atoms with Crippen molar-refractivity contribution in [1.82, 2.24) is 0 Å². The Morgan fingerprint density at radius 3 is 1.91 bits per heavy atom. The minimum absolute atomic E-state index is 0.0841. The molecule has 0 aromatic carbocycles. The molecule has 4 aliphatic heterocycles. The molecule has 3 nitrogen and oxygen atoms in total. The van der Waals surface area contributed by atoms with Gasteiger partial charge in [0.2, 0.25) is 6.17 Å². The molecule has 2 N–H and O–H groups in total. The van der Waals surface area contributed by atoms with E-state index in [1.165, 1.54) is 4.88 Å². The zero-order chi connectivity index (χ0) is 15.7. The van der Waals surface area contributed by atoms with Crippen LogP contribution in [0.15, 0.2) is 17.5 Å². The van der Waals surface area contributed by atoms with Crippen LogP contribution in [0.4, 0.5) is 0 Å². The quantitative estimate of drug-likeness (QED) is 0.829. The summed E-state index contributed by atoms with van der Waals surface area (Å²) in [6, 6.07) is 4.47. The molecule has 0 unspecified atom stereocenters. The molecule has 4 bridgehead atoms. The van der Waals surface area contributed by atoms with Gasteiger partial charge in [-0.25, -0.2) is 0 Å². The highest BCUT2D eigenvalue weighted by molar-refractivity contribution is 7.09. The maximum Gasteiger partial charge on any atom is 0.249 e. The number of Topliss-reactive ketones (excluding diaryl/α,β-unsaturated/α-hetero) is 1. The second kappa shape index (κ2) is 4.65. The fourth-order valence-electron chi connectivity index (χ4n) is 5.58. The molecule has 0 radical (unpaired) electrons. The molecule has 1 aromatic heterocycles. The van der Waals surface area contributed by atoms with Gasteiger partial charge in [0.15, 0.2) is 5.78 Å². The molecule has 4 aliphatic rings. The van der Waals surface area contributed by atoms with Gasteiger partial charge in [-0.3, -0.25) is 14.6 Å². The van der Waals surface area contributed by atoms with E-state index in [-0.39, 0.29) is 10.8 Å². The number of carbonyl (C=O) groups is 1. The second-order valence-electron chi connectivity index (χ2n) is 8.42. The van der Waals surface area contributed by atoms with Crippen molar-refractivity contribution in [2.45, 2.75) is 33.9 Å². The lowest BCUT2D eigenvalue weighted by molar-refractivity contribution is -1.18. The van der Waals surface area contributed by atoms with Gasteiger partial charge < -0.3 is 0 Å². The summed E-state index contributed by atoms with van der Waals surface area (Å²) >= 11 is 1.89. The first-order chi connectivity index (χ1) is 10.4. The lowest BCUT2D eigenvalue weighted by Gasteiger charge is -2.62. The van der Waals surface area contributed by atoms with Crippen LogP contribution < -0.4 is 9.80 Å². The molecular weight excluding hydrogens is 292 g/mol. The van der Waals surface area contributed by atoms with Crippen molar-refractivity contribution >= 4 is 17.1 Å². The van der Waals surface area contributed by atoms with Gasteiger partial charge in [0.05, 0.1) is 0 Å². The van der Waals surface area contributed by atoms with Gasteiger partial charge in [-0.05, 0) is 23.3 Å². The predicted octanol–water partition coefficient (Wildman–Crippen LogP) is 0.411. The Kier molecular flexibility index (Phi) is 3.14. The number of thiophene rings is 1. The van der Waals surface area contributed by atoms with E-state index in [0.29, 0.717) is 23.8 Å². The third-order valence-corrected chi connectivity index (χ3v) is 7.87. The Bertz CT molecular complexity index is 546. The number of ketones is 1. The molecule has 4 saturated heterocycles. The lowest BCUT2D eigenvalue weighted by Crippen LogP contribution is -3.41. The van der Waals surface area contributed by atoms with E-state index in [0.717, 1.165) is 26.2 Å². The van der Waals surface area contributed by atoms with Crippen LogP contribution in [0.25, 0.3) is 0 Å². The molecular formula is C18H28N2OS+2. The van der Waals surface area contributed by atoms with E-state index in [4.69, 9.17) is 0 Å². The summed E-state index contributed by atoms with van der Waals surface area (Å²) in [5.41, 5.74) is -0.168. The molecule has 5 rings (SSSR count). The maximum absolute atomic E-state index is 13.5. The predicted molar refractivity (Wildman–Crippen MR) is 88.0 cm³/mol. The van der Waals surface area contributed by atoms with E-state index in [2.05, 4.69) is 45.2 Å². The van der Waals surface area contributed by atoms with E-state index >= 15 is 0 Å². The first-order valence-electron chi connectivity index (χ1n) is 8.68. The van der Waals surface area contributed by atoms with Crippen molar-refractivity contribution in [1.29, 1.82) is 0 Å². The van der Waals surface area contributed by atoms with Crippen molar-refractivity contribution in [3.05, 3.63) is 22.4 Å². The summed E-state index contributed by atoms with van der Waals surface area (Å²) in [6.07, 6.45) is 0.562. The van der Waals surface area contributed by atoms with Gasteiger partial charge in [-0.2, -0.15) is 0 Å². The van der Waals surface area contributed by atoms with E-state index < -0.39 is 0 Å². The first-order valence-corrected chi connectivity index (χ1v) is 9.56. The Morgan fingerprint density at radius 1 is 1.05 bits per heavy atom. The minimum atomic E-state index is -0.0841. The first kappa shape index (κ1) is 14.9. The maximum atomic E-state index is 13.5. The highest BCUT2D eigenvalue weighted by atomic mass is 32.1. The Balaban J connectivity index is 1.80. The van der Waals surface area contributed by atoms with Crippen LogP contribution in [0.3, 0.4) is 0 Å². The molecule has 0 amide bonds. The number of nitrogens with one attached hydrogen (secondary N) is 2. The van der Waals surface area contributed by atoms with Crippen LogP contribution in [-0.4, -0.2) is 32.0 Å². The number of carbonyl (C=O) groups excluding carboxylic acids is 1.